The summed E-state index contributed by atoms with van der Waals surface area (Å²) < 4.78 is 4.68. The number of carbonyl (C=O) groups is 3. The average Bonchev–Trinajstić information content (AvgIpc) is 3.07. The number of ether oxygens (including phenoxy) is 1. The molecule has 1 heterocycles. The first kappa shape index (κ1) is 18.4. The third-order valence-electron chi connectivity index (χ3n) is 4.62. The maximum absolute atomic E-state index is 11.8. The van der Waals surface area contributed by atoms with E-state index in [1.165, 1.54) is 20.0 Å². The van der Waals surface area contributed by atoms with Crippen LogP contribution in [0.5, 0.6) is 0 Å². The lowest BCUT2D eigenvalue weighted by atomic mass is 10.1. The topological polar surface area (TPSA) is 99.8 Å². The molecule has 136 valence electrons. The van der Waals surface area contributed by atoms with Gasteiger partial charge in [0.15, 0.2) is 0 Å². The molecule has 0 unspecified atom stereocenters. The van der Waals surface area contributed by atoms with E-state index in [-0.39, 0.29) is 24.1 Å². The minimum absolute atomic E-state index is 0.00594. The van der Waals surface area contributed by atoms with Crippen LogP contribution in [-0.2, 0) is 9.53 Å². The summed E-state index contributed by atoms with van der Waals surface area (Å²) in [5.74, 6) is -0.00594. The van der Waals surface area contributed by atoms with Crippen LogP contribution in [0, 0.1) is 0 Å². The number of amides is 4. The highest BCUT2D eigenvalue weighted by atomic mass is 16.5. The van der Waals surface area contributed by atoms with E-state index in [2.05, 4.69) is 20.7 Å². The van der Waals surface area contributed by atoms with E-state index in [0.29, 0.717) is 44.9 Å². The summed E-state index contributed by atoms with van der Waals surface area (Å²) in [5, 5.41) is 8.59. The standard InChI is InChI=1S/C16H28N4O4/c1-24-16(23)20-10-7-13(8-11-20)19-15(22)17-9-6-14(21)18-12-4-2-3-5-12/h12-13H,2-11H2,1H3,(H,18,21)(H2,17,19,22). The van der Waals surface area contributed by atoms with Gasteiger partial charge < -0.3 is 25.6 Å². The van der Waals surface area contributed by atoms with Crippen molar-refractivity contribution in [1.82, 2.24) is 20.9 Å². The SMILES string of the molecule is COC(=O)N1CCC(NC(=O)NCCC(=O)NC2CCCC2)CC1. The van der Waals surface area contributed by atoms with E-state index in [9.17, 15) is 14.4 Å². The summed E-state index contributed by atoms with van der Waals surface area (Å²) in [4.78, 5) is 36.6. The fourth-order valence-electron chi connectivity index (χ4n) is 3.23. The second-order valence-electron chi connectivity index (χ2n) is 6.43. The van der Waals surface area contributed by atoms with Crippen molar-refractivity contribution in [3.05, 3.63) is 0 Å². The average molecular weight is 340 g/mol. The lowest BCUT2D eigenvalue weighted by Gasteiger charge is -2.31. The van der Waals surface area contributed by atoms with E-state index in [0.717, 1.165) is 12.8 Å². The van der Waals surface area contributed by atoms with Crippen molar-refractivity contribution in [2.75, 3.05) is 26.7 Å². The van der Waals surface area contributed by atoms with E-state index >= 15 is 0 Å². The van der Waals surface area contributed by atoms with Crippen LogP contribution in [-0.4, -0.2) is 61.8 Å². The molecule has 4 amide bonds. The quantitative estimate of drug-likeness (QED) is 0.694. The highest BCUT2D eigenvalue weighted by Crippen LogP contribution is 2.17. The van der Waals surface area contributed by atoms with Gasteiger partial charge in [-0.3, -0.25) is 4.79 Å². The Morgan fingerprint density at radius 2 is 1.62 bits per heavy atom. The monoisotopic (exact) mass is 340 g/mol. The zero-order chi connectivity index (χ0) is 17.4. The Morgan fingerprint density at radius 1 is 1.00 bits per heavy atom. The molecule has 0 aromatic carbocycles. The molecule has 2 fully saturated rings. The van der Waals surface area contributed by atoms with Crippen LogP contribution in [0.4, 0.5) is 9.59 Å². The number of carbonyl (C=O) groups excluding carboxylic acids is 3. The molecule has 0 aromatic heterocycles. The number of rotatable bonds is 5. The van der Waals surface area contributed by atoms with Crippen LogP contribution in [0.1, 0.15) is 44.9 Å². The minimum atomic E-state index is -0.328. The fraction of sp³-hybridized carbons (Fsp3) is 0.812. The van der Waals surface area contributed by atoms with Crippen LogP contribution in [0.3, 0.4) is 0 Å². The summed E-state index contributed by atoms with van der Waals surface area (Å²) in [7, 11) is 1.36. The summed E-state index contributed by atoms with van der Waals surface area (Å²) in [5.41, 5.74) is 0. The number of nitrogens with zero attached hydrogens (tertiary/aromatic N) is 1. The maximum Gasteiger partial charge on any atom is 0.409 e. The lowest BCUT2D eigenvalue weighted by Crippen LogP contribution is -2.49. The molecule has 0 radical (unpaired) electrons. The molecule has 2 rings (SSSR count). The zero-order valence-corrected chi connectivity index (χ0v) is 14.3. The number of likely N-dealkylation sites (tertiary alicyclic amines) is 1. The van der Waals surface area contributed by atoms with Crippen LogP contribution in [0.25, 0.3) is 0 Å². The Kier molecular flexibility index (Phi) is 7.14. The van der Waals surface area contributed by atoms with Gasteiger partial charge in [-0.05, 0) is 25.7 Å². The van der Waals surface area contributed by atoms with Gasteiger partial charge in [0.2, 0.25) is 5.91 Å². The molecule has 0 aromatic rings. The molecular weight excluding hydrogens is 312 g/mol. The summed E-state index contributed by atoms with van der Waals surface area (Å²) in [6, 6.07) is 0.0877. The fourth-order valence-corrected chi connectivity index (χ4v) is 3.23. The number of methoxy groups -OCH3 is 1. The Hall–Kier alpha value is -1.99. The second kappa shape index (κ2) is 9.34. The minimum Gasteiger partial charge on any atom is -0.453 e. The van der Waals surface area contributed by atoms with Crippen molar-refractivity contribution >= 4 is 18.0 Å². The van der Waals surface area contributed by atoms with E-state index < -0.39 is 0 Å². The molecule has 8 heteroatoms. The molecule has 0 bridgehead atoms. The first-order valence-corrected chi connectivity index (χ1v) is 8.75. The van der Waals surface area contributed by atoms with Gasteiger partial charge in [-0.1, -0.05) is 12.8 Å². The molecule has 1 aliphatic heterocycles. The Balaban J connectivity index is 1.55. The molecule has 8 nitrogen and oxygen atoms in total. The predicted octanol–water partition coefficient (Wildman–Crippen LogP) is 0.965. The highest BCUT2D eigenvalue weighted by molar-refractivity contribution is 5.78. The van der Waals surface area contributed by atoms with Crippen LogP contribution < -0.4 is 16.0 Å². The van der Waals surface area contributed by atoms with Crippen molar-refractivity contribution in [2.24, 2.45) is 0 Å². The summed E-state index contributed by atoms with van der Waals surface area (Å²) in [6.45, 7) is 1.47. The van der Waals surface area contributed by atoms with E-state index in [1.807, 2.05) is 0 Å². The first-order chi connectivity index (χ1) is 11.6. The molecule has 1 aliphatic carbocycles. The Morgan fingerprint density at radius 3 is 2.25 bits per heavy atom. The van der Waals surface area contributed by atoms with Gasteiger partial charge in [-0.2, -0.15) is 0 Å². The molecule has 1 saturated carbocycles. The Bertz CT molecular complexity index is 443. The smallest absolute Gasteiger partial charge is 0.409 e. The molecule has 3 N–H and O–H groups in total. The van der Waals surface area contributed by atoms with Crippen molar-refractivity contribution in [3.8, 4) is 0 Å². The third kappa shape index (κ3) is 5.90. The predicted molar refractivity (Wildman–Crippen MR) is 88.6 cm³/mol. The van der Waals surface area contributed by atoms with Gasteiger partial charge in [-0.15, -0.1) is 0 Å². The summed E-state index contributed by atoms with van der Waals surface area (Å²) >= 11 is 0. The molecule has 24 heavy (non-hydrogen) atoms. The molecular formula is C16H28N4O4. The van der Waals surface area contributed by atoms with Crippen LogP contribution >= 0.6 is 0 Å². The first-order valence-electron chi connectivity index (χ1n) is 8.75. The molecule has 2 aliphatic rings. The van der Waals surface area contributed by atoms with Crippen molar-refractivity contribution < 1.29 is 19.1 Å². The number of hydrogen-bond donors (Lipinski definition) is 3. The van der Waals surface area contributed by atoms with Gasteiger partial charge in [-0.25, -0.2) is 9.59 Å². The molecule has 1 saturated heterocycles. The van der Waals surface area contributed by atoms with Crippen LogP contribution in [0.15, 0.2) is 0 Å². The van der Waals surface area contributed by atoms with Gasteiger partial charge in [0.25, 0.3) is 0 Å². The van der Waals surface area contributed by atoms with Gasteiger partial charge in [0, 0.05) is 38.1 Å². The largest absolute Gasteiger partial charge is 0.453 e. The van der Waals surface area contributed by atoms with E-state index in [1.54, 1.807) is 4.90 Å². The molecule has 0 atom stereocenters. The number of nitrogens with one attached hydrogen (secondary N) is 3. The number of urea groups is 1. The summed E-state index contributed by atoms with van der Waals surface area (Å²) in [6.07, 6.45) is 5.85. The normalized spacial score (nSPS) is 19.0. The van der Waals surface area contributed by atoms with Crippen molar-refractivity contribution in [1.29, 1.82) is 0 Å². The van der Waals surface area contributed by atoms with E-state index in [4.69, 9.17) is 0 Å². The van der Waals surface area contributed by atoms with Gasteiger partial charge in [0.05, 0.1) is 7.11 Å². The van der Waals surface area contributed by atoms with Crippen LogP contribution in [0.2, 0.25) is 0 Å². The second-order valence-corrected chi connectivity index (χ2v) is 6.43. The van der Waals surface area contributed by atoms with Gasteiger partial charge >= 0.3 is 12.1 Å². The number of piperidine rings is 1. The van der Waals surface area contributed by atoms with Gasteiger partial charge in [0.1, 0.15) is 0 Å². The number of hydrogen-bond acceptors (Lipinski definition) is 4. The Labute approximate surface area is 142 Å². The third-order valence-corrected chi connectivity index (χ3v) is 4.62. The highest BCUT2D eigenvalue weighted by Gasteiger charge is 2.24. The zero-order valence-electron chi connectivity index (χ0n) is 14.3. The maximum atomic E-state index is 11.8. The molecule has 0 spiro atoms. The van der Waals surface area contributed by atoms with Crippen molar-refractivity contribution in [3.63, 3.8) is 0 Å². The lowest BCUT2D eigenvalue weighted by molar-refractivity contribution is -0.121. The van der Waals surface area contributed by atoms with Crippen molar-refractivity contribution in [2.45, 2.75) is 57.0 Å².